The molecule has 1 N–H and O–H groups in total. The lowest BCUT2D eigenvalue weighted by Gasteiger charge is -2.61. The van der Waals surface area contributed by atoms with Gasteiger partial charge in [0.05, 0.1) is 12.7 Å². The molecule has 0 radical (unpaired) electrons. The first kappa shape index (κ1) is 11.8. The van der Waals surface area contributed by atoms with Crippen molar-refractivity contribution in [1.82, 2.24) is 0 Å². The minimum atomic E-state index is -0.593. The maximum atomic E-state index is 11.7. The average molecular weight is 259 g/mol. The van der Waals surface area contributed by atoms with E-state index >= 15 is 0 Å². The molecular weight excluding hydrogens is 240 g/mol. The molecule has 4 heteroatoms. The SMILES string of the molecule is COC(=O)C(Cl)C12CC3CC(CC(O)(C3)C1)C2. The van der Waals surface area contributed by atoms with Crippen LogP contribution in [0.1, 0.15) is 38.5 Å². The van der Waals surface area contributed by atoms with Crippen molar-refractivity contribution in [2.24, 2.45) is 17.3 Å². The molecule has 4 aliphatic rings. The third-order valence-electron chi connectivity index (χ3n) is 5.02. The van der Waals surface area contributed by atoms with Crippen LogP contribution in [0.4, 0.5) is 0 Å². The molecule has 4 aliphatic carbocycles. The molecule has 0 aromatic carbocycles. The smallest absolute Gasteiger partial charge is 0.324 e. The van der Waals surface area contributed by atoms with Gasteiger partial charge in [-0.05, 0) is 50.4 Å². The summed E-state index contributed by atoms with van der Waals surface area (Å²) in [6.45, 7) is 0. The van der Waals surface area contributed by atoms with Gasteiger partial charge in [-0.3, -0.25) is 4.79 Å². The van der Waals surface area contributed by atoms with Crippen LogP contribution in [0, 0.1) is 17.3 Å². The summed E-state index contributed by atoms with van der Waals surface area (Å²) in [6, 6.07) is 0. The Kier molecular flexibility index (Phi) is 2.50. The first-order valence-electron chi connectivity index (χ1n) is 6.41. The fourth-order valence-electron chi connectivity index (χ4n) is 4.93. The van der Waals surface area contributed by atoms with Gasteiger partial charge in [0, 0.05) is 5.41 Å². The summed E-state index contributed by atoms with van der Waals surface area (Å²) in [4.78, 5) is 11.7. The summed E-state index contributed by atoms with van der Waals surface area (Å²) in [5, 5.41) is 9.97. The van der Waals surface area contributed by atoms with Crippen LogP contribution < -0.4 is 0 Å². The summed E-state index contributed by atoms with van der Waals surface area (Å²) in [5.74, 6) is 0.761. The van der Waals surface area contributed by atoms with Crippen molar-refractivity contribution in [2.45, 2.75) is 49.5 Å². The molecule has 17 heavy (non-hydrogen) atoms. The molecule has 0 heterocycles. The molecule has 0 amide bonds. The van der Waals surface area contributed by atoms with E-state index in [0.717, 1.165) is 25.7 Å². The first-order chi connectivity index (χ1) is 7.96. The molecule has 0 saturated heterocycles. The van der Waals surface area contributed by atoms with Crippen molar-refractivity contribution in [3.63, 3.8) is 0 Å². The Morgan fingerprint density at radius 2 is 1.94 bits per heavy atom. The molecule has 96 valence electrons. The highest BCUT2D eigenvalue weighted by Gasteiger charge is 2.60. The summed E-state index contributed by atoms with van der Waals surface area (Å²) < 4.78 is 4.78. The number of halogens is 1. The van der Waals surface area contributed by atoms with Crippen LogP contribution in [-0.4, -0.2) is 29.2 Å². The van der Waals surface area contributed by atoms with Gasteiger partial charge in [-0.2, -0.15) is 0 Å². The standard InChI is InChI=1S/C13H19ClO3/c1-17-11(15)10(14)12-3-8-2-9(4-12)6-13(16,5-8)7-12/h8-10,16H,2-7H2,1H3. The molecule has 4 bridgehead atoms. The topological polar surface area (TPSA) is 46.5 Å². The summed E-state index contributed by atoms with van der Waals surface area (Å²) in [5.41, 5.74) is -0.779. The molecule has 3 unspecified atom stereocenters. The number of methoxy groups -OCH3 is 1. The Morgan fingerprint density at radius 3 is 2.41 bits per heavy atom. The number of hydrogen-bond donors (Lipinski definition) is 1. The molecule has 0 aromatic rings. The van der Waals surface area contributed by atoms with E-state index in [9.17, 15) is 9.90 Å². The van der Waals surface area contributed by atoms with Gasteiger partial charge in [-0.1, -0.05) is 0 Å². The van der Waals surface area contributed by atoms with Crippen LogP contribution in [0.2, 0.25) is 0 Å². The van der Waals surface area contributed by atoms with E-state index in [1.807, 2.05) is 0 Å². The molecule has 0 aromatic heterocycles. The van der Waals surface area contributed by atoms with Gasteiger partial charge in [0.15, 0.2) is 0 Å². The second kappa shape index (κ2) is 3.61. The molecule has 3 atom stereocenters. The number of carbonyl (C=O) groups excluding carboxylic acids is 1. The van der Waals surface area contributed by atoms with Gasteiger partial charge >= 0.3 is 5.97 Å². The number of alkyl halides is 1. The van der Waals surface area contributed by atoms with Gasteiger partial charge in [0.2, 0.25) is 0 Å². The highest BCUT2D eigenvalue weighted by Crippen LogP contribution is 2.63. The zero-order chi connectivity index (χ0) is 12.3. The highest BCUT2D eigenvalue weighted by molar-refractivity contribution is 6.30. The van der Waals surface area contributed by atoms with Gasteiger partial charge in [-0.15, -0.1) is 11.6 Å². The van der Waals surface area contributed by atoms with E-state index in [-0.39, 0.29) is 11.4 Å². The first-order valence-corrected chi connectivity index (χ1v) is 6.84. The Balaban J connectivity index is 1.90. The molecular formula is C13H19ClO3. The monoisotopic (exact) mass is 258 g/mol. The normalized spacial score (nSPS) is 49.1. The third kappa shape index (κ3) is 1.70. The van der Waals surface area contributed by atoms with Crippen LogP contribution in [0.3, 0.4) is 0 Å². The summed E-state index contributed by atoms with van der Waals surface area (Å²) in [6.07, 6.45) is 5.64. The second-order valence-electron chi connectivity index (χ2n) is 6.43. The number of hydrogen-bond acceptors (Lipinski definition) is 3. The van der Waals surface area contributed by atoms with E-state index in [1.54, 1.807) is 0 Å². The summed E-state index contributed by atoms with van der Waals surface area (Å²) in [7, 11) is 1.38. The minimum Gasteiger partial charge on any atom is -0.468 e. The Labute approximate surface area is 106 Å². The lowest BCUT2D eigenvalue weighted by molar-refractivity contribution is -0.174. The molecule has 4 rings (SSSR count). The van der Waals surface area contributed by atoms with Crippen LogP contribution in [-0.2, 0) is 9.53 Å². The minimum absolute atomic E-state index is 0.215. The second-order valence-corrected chi connectivity index (χ2v) is 6.87. The quantitative estimate of drug-likeness (QED) is 0.610. The number of aliphatic hydroxyl groups is 1. The lowest BCUT2D eigenvalue weighted by atomic mass is 9.47. The zero-order valence-corrected chi connectivity index (χ0v) is 10.9. The number of esters is 1. The third-order valence-corrected chi connectivity index (χ3v) is 5.66. The van der Waals surface area contributed by atoms with Crippen LogP contribution in [0.15, 0.2) is 0 Å². The highest BCUT2D eigenvalue weighted by atomic mass is 35.5. The Bertz CT molecular complexity index is 341. The maximum Gasteiger partial charge on any atom is 0.324 e. The lowest BCUT2D eigenvalue weighted by Crippen LogP contribution is -2.59. The van der Waals surface area contributed by atoms with Crippen molar-refractivity contribution < 1.29 is 14.6 Å². The molecule has 3 nitrogen and oxygen atoms in total. The number of ether oxygens (including phenoxy) is 1. The molecule has 4 fully saturated rings. The van der Waals surface area contributed by atoms with E-state index < -0.39 is 11.0 Å². The van der Waals surface area contributed by atoms with Crippen molar-refractivity contribution in [1.29, 1.82) is 0 Å². The molecule has 0 spiro atoms. The Morgan fingerprint density at radius 1 is 1.35 bits per heavy atom. The van der Waals surface area contributed by atoms with Crippen molar-refractivity contribution in [2.75, 3.05) is 7.11 Å². The fourth-order valence-corrected chi connectivity index (χ4v) is 5.28. The number of carbonyl (C=O) groups is 1. The van der Waals surface area contributed by atoms with Gasteiger partial charge in [0.25, 0.3) is 0 Å². The summed E-state index contributed by atoms with van der Waals surface area (Å²) >= 11 is 6.33. The maximum absolute atomic E-state index is 11.7. The van der Waals surface area contributed by atoms with Crippen LogP contribution in [0.25, 0.3) is 0 Å². The Hall–Kier alpha value is -0.280. The van der Waals surface area contributed by atoms with Crippen LogP contribution in [0.5, 0.6) is 0 Å². The molecule has 0 aliphatic heterocycles. The van der Waals surface area contributed by atoms with Crippen molar-refractivity contribution in [3.05, 3.63) is 0 Å². The van der Waals surface area contributed by atoms with Gasteiger partial charge < -0.3 is 9.84 Å². The van der Waals surface area contributed by atoms with E-state index in [2.05, 4.69) is 0 Å². The van der Waals surface area contributed by atoms with Crippen molar-refractivity contribution >= 4 is 17.6 Å². The van der Waals surface area contributed by atoms with E-state index in [4.69, 9.17) is 16.3 Å². The fraction of sp³-hybridized carbons (Fsp3) is 0.923. The average Bonchev–Trinajstić information content (AvgIpc) is 2.23. The predicted molar refractivity (Wildman–Crippen MR) is 63.7 cm³/mol. The number of rotatable bonds is 2. The van der Waals surface area contributed by atoms with Gasteiger partial charge in [0.1, 0.15) is 5.38 Å². The van der Waals surface area contributed by atoms with E-state index in [0.29, 0.717) is 18.3 Å². The molecule has 4 saturated carbocycles. The van der Waals surface area contributed by atoms with E-state index in [1.165, 1.54) is 13.5 Å². The van der Waals surface area contributed by atoms with Crippen molar-refractivity contribution in [3.8, 4) is 0 Å². The largest absolute Gasteiger partial charge is 0.468 e. The van der Waals surface area contributed by atoms with Crippen LogP contribution >= 0.6 is 11.6 Å². The predicted octanol–water partition coefficient (Wildman–Crippen LogP) is 2.10. The van der Waals surface area contributed by atoms with Gasteiger partial charge in [-0.25, -0.2) is 0 Å². The zero-order valence-electron chi connectivity index (χ0n) is 10.1.